The number of hydrogen-bond acceptors (Lipinski definition) is 0. The minimum absolute atomic E-state index is 0.159. The monoisotopic (exact) mass is 282 g/mol. The van der Waals surface area contributed by atoms with Crippen LogP contribution in [0.4, 0.5) is 0 Å². The summed E-state index contributed by atoms with van der Waals surface area (Å²) in [6, 6.07) is 14.5. The van der Waals surface area contributed by atoms with Gasteiger partial charge in [-0.1, -0.05) is 63.2 Å². The van der Waals surface area contributed by atoms with E-state index in [2.05, 4.69) is 52.0 Å². The third-order valence-electron chi connectivity index (χ3n) is 4.07. The van der Waals surface area contributed by atoms with Gasteiger partial charge in [0.15, 0.2) is 0 Å². The van der Waals surface area contributed by atoms with E-state index in [9.17, 15) is 0 Å². The number of benzene rings is 2. The highest BCUT2D eigenvalue weighted by molar-refractivity contribution is 5.30. The summed E-state index contributed by atoms with van der Waals surface area (Å²) < 4.78 is 16.8. The van der Waals surface area contributed by atoms with Gasteiger partial charge in [-0.15, -0.1) is 0 Å². The summed E-state index contributed by atoms with van der Waals surface area (Å²) in [5.74, 6) is 0. The van der Waals surface area contributed by atoms with Crippen LogP contribution in [0.5, 0.6) is 0 Å². The van der Waals surface area contributed by atoms with Gasteiger partial charge in [-0.25, -0.2) is 0 Å². The third-order valence-corrected chi connectivity index (χ3v) is 4.07. The molecule has 0 aliphatic heterocycles. The predicted molar refractivity (Wildman–Crippen MR) is 93.1 cm³/mol. The molecule has 2 aromatic carbocycles. The zero-order valence-corrected chi connectivity index (χ0v) is 14.0. The van der Waals surface area contributed by atoms with Crippen LogP contribution < -0.4 is 0 Å². The smallest absolute Gasteiger partial charge is 0.0316 e. The van der Waals surface area contributed by atoms with Crippen LogP contribution in [0.2, 0.25) is 0 Å². The van der Waals surface area contributed by atoms with Gasteiger partial charge in [0.1, 0.15) is 0 Å². The SMILES string of the molecule is [2H]C([2H])(CCc1ccc(C(C)(C)C)cc1)c1ccc(C)c(C)c1. The molecule has 0 bridgehead atoms. The molecule has 0 N–H and O–H groups in total. The van der Waals surface area contributed by atoms with E-state index in [1.165, 1.54) is 16.7 Å². The fourth-order valence-corrected chi connectivity index (χ4v) is 2.37. The van der Waals surface area contributed by atoms with Crippen molar-refractivity contribution in [1.29, 1.82) is 0 Å². The number of aryl methyl sites for hydroxylation is 4. The van der Waals surface area contributed by atoms with Gasteiger partial charge in [-0.2, -0.15) is 0 Å². The Bertz CT molecular complexity index is 661. The van der Waals surface area contributed by atoms with Crippen molar-refractivity contribution in [1.82, 2.24) is 0 Å². The van der Waals surface area contributed by atoms with Gasteiger partial charge in [0.25, 0.3) is 0 Å². The van der Waals surface area contributed by atoms with Crippen molar-refractivity contribution in [3.05, 3.63) is 70.3 Å². The lowest BCUT2D eigenvalue weighted by atomic mass is 9.86. The average Bonchev–Trinajstić information content (AvgIpc) is 2.47. The normalized spacial score (nSPS) is 13.8. The Labute approximate surface area is 133 Å². The Morgan fingerprint density at radius 1 is 0.857 bits per heavy atom. The van der Waals surface area contributed by atoms with Crippen LogP contribution in [0.25, 0.3) is 0 Å². The van der Waals surface area contributed by atoms with E-state index in [1.54, 1.807) is 0 Å². The predicted octanol–water partition coefficient (Wildman–Crippen LogP) is 5.78. The standard InChI is InChI=1S/C21H28/c1-16-9-10-19(15-17(16)2)8-6-7-18-11-13-20(14-12-18)21(3,4)5/h9-15H,6-8H2,1-5H3/i8D2. The Morgan fingerprint density at radius 2 is 1.48 bits per heavy atom. The Kier molecular flexibility index (Phi) is 4.05. The Hall–Kier alpha value is -1.56. The highest BCUT2D eigenvalue weighted by Gasteiger charge is 2.12. The summed E-state index contributed by atoms with van der Waals surface area (Å²) in [6.07, 6.45) is -0.0319. The topological polar surface area (TPSA) is 0 Å². The van der Waals surface area contributed by atoms with Crippen molar-refractivity contribution in [2.24, 2.45) is 0 Å². The molecule has 0 saturated heterocycles. The van der Waals surface area contributed by atoms with Crippen LogP contribution in [0.1, 0.15) is 57.8 Å². The molecule has 0 unspecified atom stereocenters. The molecule has 21 heavy (non-hydrogen) atoms. The minimum atomic E-state index is -1.29. The maximum Gasteiger partial charge on any atom is 0.0316 e. The van der Waals surface area contributed by atoms with E-state index in [0.29, 0.717) is 6.42 Å². The summed E-state index contributed by atoms with van der Waals surface area (Å²) in [7, 11) is 0. The third kappa shape index (κ3) is 4.46. The summed E-state index contributed by atoms with van der Waals surface area (Å²) in [5, 5.41) is 0. The van der Waals surface area contributed by atoms with Crippen LogP contribution in [-0.2, 0) is 18.2 Å². The highest BCUT2D eigenvalue weighted by Crippen LogP contribution is 2.22. The van der Waals surface area contributed by atoms with Crippen LogP contribution in [0, 0.1) is 13.8 Å². The molecule has 0 heteroatoms. The van der Waals surface area contributed by atoms with Crippen molar-refractivity contribution >= 4 is 0 Å². The average molecular weight is 282 g/mol. The first-order valence-corrected chi connectivity index (χ1v) is 7.77. The second kappa shape index (κ2) is 6.47. The molecule has 0 aliphatic carbocycles. The van der Waals surface area contributed by atoms with E-state index < -0.39 is 6.37 Å². The second-order valence-corrected chi connectivity index (χ2v) is 6.92. The molecule has 0 aliphatic rings. The summed E-state index contributed by atoms with van der Waals surface area (Å²) in [4.78, 5) is 0. The van der Waals surface area contributed by atoms with Crippen molar-refractivity contribution in [3.63, 3.8) is 0 Å². The van der Waals surface area contributed by atoms with Gasteiger partial charge in [-0.3, -0.25) is 0 Å². The Balaban J connectivity index is 2.08. The summed E-state index contributed by atoms with van der Waals surface area (Å²) in [5.41, 5.74) is 5.83. The van der Waals surface area contributed by atoms with Crippen LogP contribution in [-0.4, -0.2) is 0 Å². The zero-order chi connectivity index (χ0) is 17.3. The van der Waals surface area contributed by atoms with Crippen molar-refractivity contribution in [3.8, 4) is 0 Å². The van der Waals surface area contributed by atoms with E-state index in [1.807, 2.05) is 25.1 Å². The molecule has 2 aromatic rings. The maximum atomic E-state index is 8.39. The molecule has 0 fully saturated rings. The first-order valence-electron chi connectivity index (χ1n) is 8.77. The molecule has 0 nitrogen and oxygen atoms in total. The fourth-order valence-electron chi connectivity index (χ4n) is 2.37. The quantitative estimate of drug-likeness (QED) is 0.667. The highest BCUT2D eigenvalue weighted by atomic mass is 14.2. The second-order valence-electron chi connectivity index (χ2n) is 6.92. The number of hydrogen-bond donors (Lipinski definition) is 0. The molecule has 0 amide bonds. The van der Waals surface area contributed by atoms with Crippen LogP contribution >= 0.6 is 0 Å². The maximum absolute atomic E-state index is 8.39. The van der Waals surface area contributed by atoms with Gasteiger partial charge < -0.3 is 0 Å². The molecule has 0 saturated carbocycles. The molecule has 0 spiro atoms. The molecule has 0 atom stereocenters. The molecule has 112 valence electrons. The van der Waals surface area contributed by atoms with Crippen LogP contribution in [0.3, 0.4) is 0 Å². The lowest BCUT2D eigenvalue weighted by Gasteiger charge is -2.19. The van der Waals surface area contributed by atoms with E-state index >= 15 is 0 Å². The first-order chi connectivity index (χ1) is 10.6. The van der Waals surface area contributed by atoms with Crippen molar-refractivity contribution in [2.45, 2.75) is 59.2 Å². The van der Waals surface area contributed by atoms with Gasteiger partial charge in [0, 0.05) is 2.74 Å². The molecular weight excluding hydrogens is 252 g/mol. The lowest BCUT2D eigenvalue weighted by molar-refractivity contribution is 0.590. The van der Waals surface area contributed by atoms with Gasteiger partial charge in [0.05, 0.1) is 0 Å². The first kappa shape index (κ1) is 13.1. The van der Waals surface area contributed by atoms with E-state index in [4.69, 9.17) is 2.74 Å². The van der Waals surface area contributed by atoms with Gasteiger partial charge in [0.2, 0.25) is 0 Å². The van der Waals surface area contributed by atoms with Gasteiger partial charge in [-0.05, 0) is 66.3 Å². The molecule has 0 heterocycles. The largest absolute Gasteiger partial charge is 0.0588 e. The molecular formula is C21H28. The van der Waals surface area contributed by atoms with Crippen molar-refractivity contribution < 1.29 is 2.74 Å². The molecule has 2 rings (SSSR count). The summed E-state index contributed by atoms with van der Waals surface area (Å²) in [6.45, 7) is 10.7. The fraction of sp³-hybridized carbons (Fsp3) is 0.429. The van der Waals surface area contributed by atoms with E-state index in [-0.39, 0.29) is 5.41 Å². The van der Waals surface area contributed by atoms with Crippen LogP contribution in [0.15, 0.2) is 42.5 Å². The lowest BCUT2D eigenvalue weighted by Crippen LogP contribution is -2.10. The Morgan fingerprint density at radius 3 is 2.05 bits per heavy atom. The zero-order valence-electron chi connectivity index (χ0n) is 16.0. The van der Waals surface area contributed by atoms with Gasteiger partial charge >= 0.3 is 0 Å². The summed E-state index contributed by atoms with van der Waals surface area (Å²) >= 11 is 0. The molecule has 0 radical (unpaired) electrons. The van der Waals surface area contributed by atoms with Crippen molar-refractivity contribution in [2.75, 3.05) is 0 Å². The van der Waals surface area contributed by atoms with E-state index in [0.717, 1.165) is 17.5 Å². The molecule has 0 aromatic heterocycles. The minimum Gasteiger partial charge on any atom is -0.0588 e. The number of rotatable bonds is 4.